The Morgan fingerprint density at radius 3 is 2.70 bits per heavy atom. The first-order valence-electron chi connectivity index (χ1n) is 6.14. The van der Waals surface area contributed by atoms with E-state index < -0.39 is 4.92 Å². The van der Waals surface area contributed by atoms with Gasteiger partial charge in [-0.25, -0.2) is 0 Å². The molecule has 7 heteroatoms. The van der Waals surface area contributed by atoms with Crippen LogP contribution < -0.4 is 5.32 Å². The monoisotopic (exact) mass is 297 g/mol. The van der Waals surface area contributed by atoms with E-state index in [2.05, 4.69) is 5.32 Å². The Hall–Kier alpha value is -1.76. The number of hydrogen-bond donors (Lipinski definition) is 1. The van der Waals surface area contributed by atoms with Crippen LogP contribution in [0.5, 0.6) is 0 Å². The zero-order valence-electron chi connectivity index (χ0n) is 12.0. The highest BCUT2D eigenvalue weighted by Gasteiger charge is 2.21. The van der Waals surface area contributed by atoms with Crippen molar-refractivity contribution in [2.45, 2.75) is 13.0 Å². The number of carbonyl (C=O) groups excluding carboxylic acids is 1. The normalized spacial score (nSPS) is 11.8. The number of amides is 1. The van der Waals surface area contributed by atoms with Gasteiger partial charge < -0.3 is 10.2 Å². The summed E-state index contributed by atoms with van der Waals surface area (Å²) in [5, 5.41) is 13.7. The molecule has 0 aliphatic carbocycles. The van der Waals surface area contributed by atoms with Crippen molar-refractivity contribution < 1.29 is 9.72 Å². The molecular formula is C13H19N3O3S. The fourth-order valence-electron chi connectivity index (χ4n) is 1.78. The summed E-state index contributed by atoms with van der Waals surface area (Å²) in [6, 6.07) is 4.54. The molecule has 20 heavy (non-hydrogen) atoms. The van der Waals surface area contributed by atoms with Gasteiger partial charge in [-0.2, -0.15) is 11.8 Å². The zero-order chi connectivity index (χ0) is 15.3. The van der Waals surface area contributed by atoms with Crippen LogP contribution in [0.1, 0.15) is 17.3 Å². The number of thioether (sulfide) groups is 1. The highest BCUT2D eigenvalue weighted by Crippen LogP contribution is 2.25. The molecule has 0 spiro atoms. The maximum absolute atomic E-state index is 12.3. The van der Waals surface area contributed by atoms with Crippen LogP contribution in [0.2, 0.25) is 0 Å². The highest BCUT2D eigenvalue weighted by atomic mass is 32.2. The molecule has 6 nitrogen and oxygen atoms in total. The number of nitrogens with one attached hydrogen (secondary N) is 1. The summed E-state index contributed by atoms with van der Waals surface area (Å²) in [7, 11) is 3.32. The van der Waals surface area contributed by atoms with Gasteiger partial charge in [-0.1, -0.05) is 0 Å². The number of carbonyl (C=O) groups is 1. The predicted molar refractivity (Wildman–Crippen MR) is 82.6 cm³/mol. The molecule has 1 aromatic rings. The summed E-state index contributed by atoms with van der Waals surface area (Å²) < 4.78 is 0. The van der Waals surface area contributed by atoms with Gasteiger partial charge in [-0.05, 0) is 25.3 Å². The van der Waals surface area contributed by atoms with Gasteiger partial charge >= 0.3 is 0 Å². The number of anilines is 1. The molecule has 0 heterocycles. The number of rotatable bonds is 6. The van der Waals surface area contributed by atoms with E-state index in [9.17, 15) is 14.9 Å². The van der Waals surface area contributed by atoms with Crippen molar-refractivity contribution >= 4 is 29.0 Å². The lowest BCUT2D eigenvalue weighted by Gasteiger charge is -2.24. The summed E-state index contributed by atoms with van der Waals surface area (Å²) in [6.07, 6.45) is 1.97. The predicted octanol–water partition coefficient (Wildman–Crippen LogP) is 2.46. The van der Waals surface area contributed by atoms with Crippen LogP contribution in [0.15, 0.2) is 18.2 Å². The highest BCUT2D eigenvalue weighted by molar-refractivity contribution is 7.98. The van der Waals surface area contributed by atoms with Crippen LogP contribution in [-0.2, 0) is 0 Å². The summed E-state index contributed by atoms with van der Waals surface area (Å²) >= 11 is 1.65. The van der Waals surface area contributed by atoms with Gasteiger partial charge in [-0.15, -0.1) is 0 Å². The first kappa shape index (κ1) is 16.3. The second kappa shape index (κ2) is 7.14. The molecule has 0 bridgehead atoms. The van der Waals surface area contributed by atoms with Gasteiger partial charge in [0.25, 0.3) is 11.6 Å². The standard InChI is InChI=1S/C13H19N3O3S/c1-9(8-20-4)15(3)13(17)10-5-6-11(14-2)12(7-10)16(18)19/h5-7,9,14H,8H2,1-4H3. The zero-order valence-corrected chi connectivity index (χ0v) is 12.9. The second-order valence-corrected chi connectivity index (χ2v) is 5.37. The van der Waals surface area contributed by atoms with Crippen molar-refractivity contribution in [3.63, 3.8) is 0 Å². The largest absolute Gasteiger partial charge is 0.383 e. The van der Waals surface area contributed by atoms with Gasteiger partial charge in [0.15, 0.2) is 0 Å². The lowest BCUT2D eigenvalue weighted by atomic mass is 10.1. The van der Waals surface area contributed by atoms with Crippen LogP contribution in [0.4, 0.5) is 11.4 Å². The minimum Gasteiger partial charge on any atom is -0.383 e. The van der Waals surface area contributed by atoms with Crippen molar-refractivity contribution in [3.05, 3.63) is 33.9 Å². The van der Waals surface area contributed by atoms with E-state index >= 15 is 0 Å². The minimum absolute atomic E-state index is 0.0699. The molecule has 0 saturated carbocycles. The number of hydrogen-bond acceptors (Lipinski definition) is 5. The Kier molecular flexibility index (Phi) is 5.82. The van der Waals surface area contributed by atoms with Crippen molar-refractivity contribution in [1.29, 1.82) is 0 Å². The smallest absolute Gasteiger partial charge is 0.293 e. The van der Waals surface area contributed by atoms with Gasteiger partial charge in [0.05, 0.1) is 4.92 Å². The number of nitro groups is 1. The molecule has 0 radical (unpaired) electrons. The van der Waals surface area contributed by atoms with Crippen molar-refractivity contribution in [2.24, 2.45) is 0 Å². The summed E-state index contributed by atoms with van der Waals surface area (Å²) in [6.45, 7) is 1.95. The Morgan fingerprint density at radius 2 is 2.20 bits per heavy atom. The van der Waals surface area contributed by atoms with Gasteiger partial charge in [-0.3, -0.25) is 14.9 Å². The number of benzene rings is 1. The Balaban J connectivity index is 3.05. The molecule has 1 rings (SSSR count). The minimum atomic E-state index is -0.492. The molecule has 0 aromatic heterocycles. The lowest BCUT2D eigenvalue weighted by Crippen LogP contribution is -2.36. The Morgan fingerprint density at radius 1 is 1.55 bits per heavy atom. The van der Waals surface area contributed by atoms with E-state index in [1.807, 2.05) is 13.2 Å². The van der Waals surface area contributed by atoms with E-state index in [-0.39, 0.29) is 17.6 Å². The van der Waals surface area contributed by atoms with E-state index in [0.717, 1.165) is 5.75 Å². The molecule has 110 valence electrons. The third-order valence-electron chi connectivity index (χ3n) is 3.10. The molecule has 1 unspecified atom stereocenters. The topological polar surface area (TPSA) is 75.5 Å². The SMILES string of the molecule is CNc1ccc(C(=O)N(C)C(C)CSC)cc1[N+](=O)[O-]. The number of nitro benzene ring substituents is 1. The fraction of sp³-hybridized carbons (Fsp3) is 0.462. The first-order valence-corrected chi connectivity index (χ1v) is 7.54. The van der Waals surface area contributed by atoms with Crippen molar-refractivity contribution in [2.75, 3.05) is 31.4 Å². The van der Waals surface area contributed by atoms with Crippen molar-refractivity contribution in [1.82, 2.24) is 4.90 Å². The van der Waals surface area contributed by atoms with Gasteiger partial charge in [0.1, 0.15) is 5.69 Å². The molecular weight excluding hydrogens is 278 g/mol. The molecule has 1 aromatic carbocycles. The number of nitrogens with zero attached hydrogens (tertiary/aromatic N) is 2. The van der Waals surface area contributed by atoms with Crippen molar-refractivity contribution in [3.8, 4) is 0 Å². The molecule has 0 saturated heterocycles. The maximum atomic E-state index is 12.3. The molecule has 0 aliphatic rings. The summed E-state index contributed by atoms with van der Waals surface area (Å²) in [5.41, 5.74) is 0.627. The Bertz CT molecular complexity index is 508. The average Bonchev–Trinajstić information content (AvgIpc) is 2.45. The van der Waals surface area contributed by atoms with Crippen LogP contribution in [0.3, 0.4) is 0 Å². The van der Waals surface area contributed by atoms with E-state index in [1.165, 1.54) is 6.07 Å². The van der Waals surface area contributed by atoms with Gasteiger partial charge in [0.2, 0.25) is 0 Å². The fourth-order valence-corrected chi connectivity index (χ4v) is 2.49. The average molecular weight is 297 g/mol. The summed E-state index contributed by atoms with van der Waals surface area (Å²) in [5.74, 6) is 0.608. The van der Waals surface area contributed by atoms with E-state index in [0.29, 0.717) is 11.3 Å². The van der Waals surface area contributed by atoms with Crippen LogP contribution in [0, 0.1) is 10.1 Å². The molecule has 1 atom stereocenters. The van der Waals surface area contributed by atoms with E-state index in [4.69, 9.17) is 0 Å². The molecule has 1 N–H and O–H groups in total. The lowest BCUT2D eigenvalue weighted by molar-refractivity contribution is -0.384. The van der Waals surface area contributed by atoms with Crippen LogP contribution >= 0.6 is 11.8 Å². The van der Waals surface area contributed by atoms with Gasteiger partial charge in [0, 0.05) is 37.5 Å². The van der Waals surface area contributed by atoms with Crippen LogP contribution in [-0.4, -0.2) is 47.9 Å². The molecule has 0 fully saturated rings. The summed E-state index contributed by atoms with van der Waals surface area (Å²) in [4.78, 5) is 24.4. The Labute approximate surface area is 122 Å². The third kappa shape index (κ3) is 3.63. The van der Waals surface area contributed by atoms with E-state index in [1.54, 1.807) is 42.9 Å². The maximum Gasteiger partial charge on any atom is 0.293 e. The molecule has 0 aliphatic heterocycles. The first-order chi connectivity index (χ1) is 9.42. The molecule has 1 amide bonds. The van der Waals surface area contributed by atoms with Crippen LogP contribution in [0.25, 0.3) is 0 Å². The second-order valence-electron chi connectivity index (χ2n) is 4.46. The third-order valence-corrected chi connectivity index (χ3v) is 3.92. The quantitative estimate of drug-likeness (QED) is 0.645.